The van der Waals surface area contributed by atoms with E-state index in [1.54, 1.807) is 10.9 Å². The highest BCUT2D eigenvalue weighted by molar-refractivity contribution is 5.67. The fourth-order valence-electron chi connectivity index (χ4n) is 2.51. The van der Waals surface area contributed by atoms with E-state index in [9.17, 15) is 4.79 Å². The number of aromatic nitrogens is 5. The van der Waals surface area contributed by atoms with Crippen LogP contribution in [-0.2, 0) is 6.54 Å². The van der Waals surface area contributed by atoms with Crippen LogP contribution in [0.25, 0.3) is 16.9 Å². The van der Waals surface area contributed by atoms with E-state index >= 15 is 0 Å². The van der Waals surface area contributed by atoms with E-state index in [4.69, 9.17) is 5.26 Å². The van der Waals surface area contributed by atoms with Crippen LogP contribution in [-0.4, -0.2) is 24.4 Å². The fourth-order valence-corrected chi connectivity index (χ4v) is 2.51. The van der Waals surface area contributed by atoms with Gasteiger partial charge in [-0.25, -0.2) is 9.50 Å². The van der Waals surface area contributed by atoms with Crippen LogP contribution >= 0.6 is 0 Å². The largest absolute Gasteiger partial charge is 0.295 e. The average molecular weight is 296 g/mol. The molecule has 0 radical (unpaired) electrons. The van der Waals surface area contributed by atoms with E-state index in [0.717, 1.165) is 12.1 Å². The molecule has 0 saturated carbocycles. The second-order valence-electron chi connectivity index (χ2n) is 5.38. The first-order chi connectivity index (χ1) is 10.6. The van der Waals surface area contributed by atoms with Crippen molar-refractivity contribution in [3.05, 3.63) is 40.1 Å². The lowest BCUT2D eigenvalue weighted by atomic mass is 10.00. The summed E-state index contributed by atoms with van der Waals surface area (Å²) in [6.45, 7) is 6.64. The molecule has 0 aliphatic rings. The number of nitrogens with zero attached hydrogens (tertiary/aromatic N) is 5. The zero-order valence-electron chi connectivity index (χ0n) is 12.7. The van der Waals surface area contributed by atoms with Gasteiger partial charge in [-0.1, -0.05) is 13.8 Å². The second-order valence-corrected chi connectivity index (χ2v) is 5.38. The molecular formula is C15H16N6O. The number of H-pyrrole nitrogens is 1. The van der Waals surface area contributed by atoms with Gasteiger partial charge in [-0.15, -0.1) is 0 Å². The molecule has 3 aromatic rings. The van der Waals surface area contributed by atoms with E-state index in [2.05, 4.69) is 15.2 Å². The Bertz CT molecular complexity index is 937. The minimum atomic E-state index is -0.180. The van der Waals surface area contributed by atoms with Crippen molar-refractivity contribution in [3.63, 3.8) is 0 Å². The van der Waals surface area contributed by atoms with Crippen molar-refractivity contribution in [2.75, 3.05) is 0 Å². The standard InChI is InChI=1S/C15H16N6O/c1-4-20-8-11(7-17-20)13-12(9(2)3)15(22)21-14(19-13)10(5-16)6-18-21/h6-9,18H,4H2,1-3H3. The number of hydrogen-bond donors (Lipinski definition) is 1. The van der Waals surface area contributed by atoms with E-state index < -0.39 is 0 Å². The highest BCUT2D eigenvalue weighted by Crippen LogP contribution is 2.25. The number of nitrogens with one attached hydrogen (secondary N) is 1. The molecule has 3 aromatic heterocycles. The van der Waals surface area contributed by atoms with Crippen LogP contribution in [0.3, 0.4) is 0 Å². The Morgan fingerprint density at radius 1 is 1.45 bits per heavy atom. The molecule has 0 spiro atoms. The Balaban J connectivity index is 2.38. The number of aromatic amines is 1. The lowest BCUT2D eigenvalue weighted by molar-refractivity contribution is 0.660. The van der Waals surface area contributed by atoms with E-state index in [1.165, 1.54) is 10.7 Å². The average Bonchev–Trinajstić information content (AvgIpc) is 3.12. The molecular weight excluding hydrogens is 280 g/mol. The summed E-state index contributed by atoms with van der Waals surface area (Å²) in [4.78, 5) is 17.3. The van der Waals surface area contributed by atoms with Crippen molar-refractivity contribution < 1.29 is 0 Å². The topological polar surface area (TPSA) is 91.8 Å². The normalized spacial score (nSPS) is 11.2. The minimum absolute atomic E-state index is 0.00529. The zero-order valence-corrected chi connectivity index (χ0v) is 12.7. The molecule has 7 nitrogen and oxygen atoms in total. The molecule has 112 valence electrons. The lowest BCUT2D eigenvalue weighted by Crippen LogP contribution is -2.22. The monoisotopic (exact) mass is 296 g/mol. The molecule has 0 aromatic carbocycles. The fraction of sp³-hybridized carbons (Fsp3) is 0.333. The van der Waals surface area contributed by atoms with Crippen LogP contribution in [0.5, 0.6) is 0 Å². The van der Waals surface area contributed by atoms with Gasteiger partial charge in [0, 0.05) is 30.1 Å². The van der Waals surface area contributed by atoms with Crippen molar-refractivity contribution >= 4 is 5.65 Å². The molecule has 3 heterocycles. The second kappa shape index (κ2) is 5.15. The maximum Gasteiger partial charge on any atom is 0.276 e. The predicted octanol–water partition coefficient (Wildman–Crippen LogP) is 1.90. The summed E-state index contributed by atoms with van der Waals surface area (Å²) in [5, 5.41) is 16.2. The molecule has 7 heteroatoms. The molecule has 22 heavy (non-hydrogen) atoms. The maximum absolute atomic E-state index is 12.7. The van der Waals surface area contributed by atoms with E-state index in [1.807, 2.05) is 33.0 Å². The number of fused-ring (bicyclic) bond motifs is 1. The molecule has 3 rings (SSSR count). The molecule has 0 saturated heterocycles. The third-order valence-electron chi connectivity index (χ3n) is 3.63. The van der Waals surface area contributed by atoms with Crippen LogP contribution in [0.15, 0.2) is 23.4 Å². The molecule has 0 fully saturated rings. The molecule has 0 aliphatic carbocycles. The summed E-state index contributed by atoms with van der Waals surface area (Å²) in [5.74, 6) is 0.00529. The van der Waals surface area contributed by atoms with Crippen LogP contribution < -0.4 is 5.56 Å². The van der Waals surface area contributed by atoms with Crippen molar-refractivity contribution in [3.8, 4) is 17.3 Å². The van der Waals surface area contributed by atoms with E-state index in [-0.39, 0.29) is 11.5 Å². The van der Waals surface area contributed by atoms with Gasteiger partial charge in [0.1, 0.15) is 11.6 Å². The van der Waals surface area contributed by atoms with Gasteiger partial charge in [0.05, 0.1) is 11.9 Å². The Kier molecular flexibility index (Phi) is 3.29. The summed E-state index contributed by atoms with van der Waals surface area (Å²) in [6, 6.07) is 2.05. The van der Waals surface area contributed by atoms with Gasteiger partial charge < -0.3 is 0 Å². The van der Waals surface area contributed by atoms with Crippen molar-refractivity contribution in [1.82, 2.24) is 24.4 Å². The summed E-state index contributed by atoms with van der Waals surface area (Å²) in [7, 11) is 0. The molecule has 0 amide bonds. The van der Waals surface area contributed by atoms with Gasteiger partial charge in [0.25, 0.3) is 5.56 Å². The number of nitriles is 1. The predicted molar refractivity (Wildman–Crippen MR) is 81.5 cm³/mol. The minimum Gasteiger partial charge on any atom is -0.295 e. The lowest BCUT2D eigenvalue weighted by Gasteiger charge is -2.10. The van der Waals surface area contributed by atoms with Crippen LogP contribution in [0, 0.1) is 11.3 Å². The summed E-state index contributed by atoms with van der Waals surface area (Å²) in [6.07, 6.45) is 5.06. The first-order valence-corrected chi connectivity index (χ1v) is 7.13. The van der Waals surface area contributed by atoms with Gasteiger partial charge >= 0.3 is 0 Å². The Morgan fingerprint density at radius 2 is 2.23 bits per heavy atom. The van der Waals surface area contributed by atoms with Crippen LogP contribution in [0.2, 0.25) is 0 Å². The Labute approximate surface area is 126 Å². The number of aryl methyl sites for hydroxylation is 1. The zero-order chi connectivity index (χ0) is 15.9. The van der Waals surface area contributed by atoms with Crippen molar-refractivity contribution in [2.24, 2.45) is 0 Å². The van der Waals surface area contributed by atoms with Crippen molar-refractivity contribution in [2.45, 2.75) is 33.2 Å². The quantitative estimate of drug-likeness (QED) is 0.799. The Morgan fingerprint density at radius 3 is 2.82 bits per heavy atom. The van der Waals surface area contributed by atoms with Crippen LogP contribution in [0.4, 0.5) is 0 Å². The van der Waals surface area contributed by atoms with Gasteiger partial charge in [-0.3, -0.25) is 14.6 Å². The first kappa shape index (κ1) is 14.1. The van der Waals surface area contributed by atoms with Gasteiger partial charge in [-0.05, 0) is 12.8 Å². The molecule has 0 bridgehead atoms. The first-order valence-electron chi connectivity index (χ1n) is 7.13. The number of hydrogen-bond acceptors (Lipinski definition) is 4. The highest BCUT2D eigenvalue weighted by Gasteiger charge is 2.20. The van der Waals surface area contributed by atoms with Crippen molar-refractivity contribution in [1.29, 1.82) is 5.26 Å². The summed E-state index contributed by atoms with van der Waals surface area (Å²) < 4.78 is 3.10. The third kappa shape index (κ3) is 2.00. The summed E-state index contributed by atoms with van der Waals surface area (Å²) >= 11 is 0. The summed E-state index contributed by atoms with van der Waals surface area (Å²) in [5.41, 5.74) is 2.50. The Hall–Kier alpha value is -2.88. The highest BCUT2D eigenvalue weighted by atomic mass is 16.1. The van der Waals surface area contributed by atoms with E-state index in [0.29, 0.717) is 22.5 Å². The molecule has 0 aliphatic heterocycles. The maximum atomic E-state index is 12.7. The SMILES string of the molecule is CCn1cc(-c2nc3c(C#N)c[nH]n3c(=O)c2C(C)C)cn1. The third-order valence-corrected chi connectivity index (χ3v) is 3.63. The molecule has 0 atom stereocenters. The van der Waals surface area contributed by atoms with Gasteiger partial charge in [-0.2, -0.15) is 10.4 Å². The molecule has 0 unspecified atom stereocenters. The molecule has 1 N–H and O–H groups in total. The van der Waals surface area contributed by atoms with Gasteiger partial charge in [0.2, 0.25) is 0 Å². The number of rotatable bonds is 3. The van der Waals surface area contributed by atoms with Crippen LogP contribution in [0.1, 0.15) is 37.8 Å². The smallest absolute Gasteiger partial charge is 0.276 e. The van der Waals surface area contributed by atoms with Gasteiger partial charge in [0.15, 0.2) is 5.65 Å².